The van der Waals surface area contributed by atoms with Crippen molar-refractivity contribution in [1.29, 1.82) is 0 Å². The fourth-order valence-electron chi connectivity index (χ4n) is 5.08. The molecule has 2 N–H and O–H groups in total. The summed E-state index contributed by atoms with van der Waals surface area (Å²) >= 11 is 0. The van der Waals surface area contributed by atoms with Crippen LogP contribution in [0.2, 0.25) is 0 Å². The van der Waals surface area contributed by atoms with Crippen molar-refractivity contribution in [2.45, 2.75) is 65.5 Å². The number of hydrogen-bond acceptors (Lipinski definition) is 5. The second-order valence-electron chi connectivity index (χ2n) is 9.95. The lowest BCUT2D eigenvalue weighted by Crippen LogP contribution is -2.45. The smallest absolute Gasteiger partial charge is 0.253 e. The van der Waals surface area contributed by atoms with Crippen molar-refractivity contribution in [1.82, 2.24) is 5.32 Å². The third-order valence-corrected chi connectivity index (χ3v) is 7.69. The summed E-state index contributed by atoms with van der Waals surface area (Å²) in [5.41, 5.74) is 1.80. The lowest BCUT2D eigenvalue weighted by Gasteiger charge is -2.34. The Morgan fingerprint density at radius 2 is 1.66 bits per heavy atom. The van der Waals surface area contributed by atoms with Gasteiger partial charge in [0.15, 0.2) is 0 Å². The van der Waals surface area contributed by atoms with Gasteiger partial charge in [0.1, 0.15) is 11.4 Å². The highest BCUT2D eigenvalue weighted by Gasteiger charge is 2.29. The highest BCUT2D eigenvalue weighted by Crippen LogP contribution is 2.30. The summed E-state index contributed by atoms with van der Waals surface area (Å²) < 4.78 is 0. The lowest BCUT2D eigenvalue weighted by molar-refractivity contribution is 0.0891. The van der Waals surface area contributed by atoms with Crippen LogP contribution in [-0.2, 0) is 6.54 Å². The molecule has 1 saturated carbocycles. The molecule has 1 aliphatic heterocycles. The van der Waals surface area contributed by atoms with Crippen molar-refractivity contribution in [2.75, 3.05) is 23.3 Å². The molecule has 1 heterocycles. The van der Waals surface area contributed by atoms with E-state index in [2.05, 4.69) is 31.4 Å². The Balaban J connectivity index is 1.35. The van der Waals surface area contributed by atoms with Crippen molar-refractivity contribution in [3.8, 4) is 0 Å². The maximum atomic E-state index is 12.7. The molecular weight excluding hydrogens is 402 g/mol. The number of piperidine rings is 1. The molecule has 0 spiro atoms. The number of hydrogen-bond donors (Lipinski definition) is 2. The predicted molar refractivity (Wildman–Crippen MR) is 129 cm³/mol. The first-order valence-corrected chi connectivity index (χ1v) is 12.1. The molecule has 2 aromatic carbocycles. The van der Waals surface area contributed by atoms with E-state index in [-0.39, 0.29) is 17.4 Å². The summed E-state index contributed by atoms with van der Waals surface area (Å²) in [7, 11) is 0. The average molecular weight is 438 g/mol. The van der Waals surface area contributed by atoms with Gasteiger partial charge in [-0.05, 0) is 54.7 Å². The molecule has 1 amide bonds. The maximum Gasteiger partial charge on any atom is 0.253 e. The van der Waals surface area contributed by atoms with E-state index in [0.29, 0.717) is 41.2 Å². The number of benzene rings is 1. The largest absolute Gasteiger partial charge is 0.376 e. The fraction of sp³-hybridized carbons (Fsp3) is 0.577. The van der Waals surface area contributed by atoms with Crippen LogP contribution in [0.15, 0.2) is 33.9 Å². The summed E-state index contributed by atoms with van der Waals surface area (Å²) in [6.07, 6.45) is 5.52. The summed E-state index contributed by atoms with van der Waals surface area (Å²) in [5.74, 6) is 1.76. The van der Waals surface area contributed by atoms with E-state index in [9.17, 15) is 14.4 Å². The molecular formula is C26H35N3O3. The molecule has 1 saturated heterocycles. The van der Waals surface area contributed by atoms with Crippen LogP contribution in [0.4, 0.5) is 11.4 Å². The molecule has 6 nitrogen and oxygen atoms in total. The highest BCUT2D eigenvalue weighted by molar-refractivity contribution is 5.94. The molecule has 2 aliphatic rings. The Hall–Kier alpha value is -2.63. The van der Waals surface area contributed by atoms with Crippen LogP contribution in [0.25, 0.3) is 0 Å². The first-order valence-electron chi connectivity index (χ1n) is 12.1. The normalized spacial score (nSPS) is 24.5. The molecule has 2 aromatic rings. The first kappa shape index (κ1) is 22.6. The van der Waals surface area contributed by atoms with Gasteiger partial charge in [-0.2, -0.15) is 0 Å². The minimum Gasteiger partial charge on any atom is -0.376 e. The molecule has 4 rings (SSSR count). The standard InChI is InChI=1S/C26H35N3O3/c1-16-11-13-29(14-12-16)23-22(24(30)25(23)31)27-15-19-7-9-20(10-8-19)26(32)28-21-6-4-5-17(2)18(21)3/h7-10,16-18,21,27H,4-6,11-15H2,1-3H3,(H,28,32)/t17-,18-,21-/m1/s1. The second-order valence-corrected chi connectivity index (χ2v) is 9.95. The Labute approximate surface area is 190 Å². The molecule has 3 atom stereocenters. The van der Waals surface area contributed by atoms with Crippen LogP contribution in [-0.4, -0.2) is 25.0 Å². The minimum absolute atomic E-state index is 0.0282. The summed E-state index contributed by atoms with van der Waals surface area (Å²) in [6.45, 7) is 8.80. The number of nitrogens with zero attached hydrogens (tertiary/aromatic N) is 1. The summed E-state index contributed by atoms with van der Waals surface area (Å²) in [6, 6.07) is 7.71. The zero-order chi connectivity index (χ0) is 22.8. The SMILES string of the molecule is CC1CCN(c2c(NCc3ccc(C(=O)N[C@@H]4CCC[C@@H](C)[C@H]4C)cc3)c(=O)c2=O)CC1. The van der Waals surface area contributed by atoms with Gasteiger partial charge < -0.3 is 15.5 Å². The lowest BCUT2D eigenvalue weighted by atomic mass is 9.78. The Morgan fingerprint density at radius 1 is 0.969 bits per heavy atom. The number of rotatable bonds is 6. The number of carbonyl (C=O) groups is 1. The van der Waals surface area contributed by atoms with Gasteiger partial charge in [-0.3, -0.25) is 14.4 Å². The van der Waals surface area contributed by atoms with Crippen molar-refractivity contribution in [3.63, 3.8) is 0 Å². The third kappa shape index (κ3) is 4.59. The Kier molecular flexibility index (Phi) is 6.68. The van der Waals surface area contributed by atoms with Crippen molar-refractivity contribution >= 4 is 17.3 Å². The molecule has 1 aliphatic carbocycles. The van der Waals surface area contributed by atoms with Crippen LogP contribution in [0.3, 0.4) is 0 Å². The number of anilines is 2. The second kappa shape index (κ2) is 9.47. The van der Waals surface area contributed by atoms with Gasteiger partial charge >= 0.3 is 0 Å². The van der Waals surface area contributed by atoms with Gasteiger partial charge in [0.25, 0.3) is 16.8 Å². The van der Waals surface area contributed by atoms with E-state index in [0.717, 1.165) is 44.3 Å². The van der Waals surface area contributed by atoms with E-state index in [1.54, 1.807) is 0 Å². The van der Waals surface area contributed by atoms with Gasteiger partial charge in [0, 0.05) is 31.2 Å². The van der Waals surface area contributed by atoms with Crippen molar-refractivity contribution in [3.05, 3.63) is 55.8 Å². The molecule has 2 fully saturated rings. The molecule has 172 valence electrons. The molecule has 0 radical (unpaired) electrons. The number of nitrogens with one attached hydrogen (secondary N) is 2. The molecule has 32 heavy (non-hydrogen) atoms. The summed E-state index contributed by atoms with van der Waals surface area (Å²) in [4.78, 5) is 39.0. The fourth-order valence-corrected chi connectivity index (χ4v) is 5.08. The van der Waals surface area contributed by atoms with Gasteiger partial charge in [-0.25, -0.2) is 0 Å². The van der Waals surface area contributed by atoms with E-state index < -0.39 is 5.43 Å². The van der Waals surface area contributed by atoms with Crippen LogP contribution in [0.5, 0.6) is 0 Å². The quantitative estimate of drug-likeness (QED) is 0.674. The predicted octanol–water partition coefficient (Wildman–Crippen LogP) is 3.69. The third-order valence-electron chi connectivity index (χ3n) is 7.69. The molecule has 0 bridgehead atoms. The minimum atomic E-state index is -0.426. The topological polar surface area (TPSA) is 78.5 Å². The van der Waals surface area contributed by atoms with Gasteiger partial charge in [-0.1, -0.05) is 45.7 Å². The van der Waals surface area contributed by atoms with Crippen LogP contribution < -0.4 is 26.4 Å². The summed E-state index contributed by atoms with van der Waals surface area (Å²) in [5, 5.41) is 6.38. The molecule has 0 unspecified atom stereocenters. The highest BCUT2D eigenvalue weighted by atomic mass is 16.2. The van der Waals surface area contributed by atoms with E-state index in [4.69, 9.17) is 0 Å². The molecule has 6 heteroatoms. The van der Waals surface area contributed by atoms with Crippen LogP contribution >= 0.6 is 0 Å². The average Bonchev–Trinajstić information content (AvgIpc) is 2.80. The van der Waals surface area contributed by atoms with Gasteiger partial charge in [0.05, 0.1) is 0 Å². The number of carbonyl (C=O) groups excluding carboxylic acids is 1. The van der Waals surface area contributed by atoms with E-state index in [1.165, 1.54) is 6.42 Å². The van der Waals surface area contributed by atoms with Crippen molar-refractivity contribution in [2.24, 2.45) is 17.8 Å². The maximum absolute atomic E-state index is 12.7. The first-order chi connectivity index (χ1) is 15.3. The monoisotopic (exact) mass is 437 g/mol. The Bertz CT molecular complexity index is 1010. The zero-order valence-electron chi connectivity index (χ0n) is 19.4. The van der Waals surface area contributed by atoms with Crippen LogP contribution in [0, 0.1) is 17.8 Å². The number of amides is 1. The van der Waals surface area contributed by atoms with Crippen LogP contribution in [0.1, 0.15) is 68.8 Å². The zero-order valence-corrected chi connectivity index (χ0v) is 19.4. The van der Waals surface area contributed by atoms with Gasteiger partial charge in [-0.15, -0.1) is 0 Å². The van der Waals surface area contributed by atoms with Crippen molar-refractivity contribution < 1.29 is 4.79 Å². The Morgan fingerprint density at radius 3 is 2.34 bits per heavy atom. The van der Waals surface area contributed by atoms with Gasteiger partial charge in [0.2, 0.25) is 0 Å². The molecule has 0 aromatic heterocycles. The van der Waals surface area contributed by atoms with E-state index in [1.807, 2.05) is 29.2 Å². The van der Waals surface area contributed by atoms with E-state index >= 15 is 0 Å².